The number of nitrogens with zero attached hydrogens (tertiary/aromatic N) is 1. The molecule has 1 N–H and O–H groups in total. The second kappa shape index (κ2) is 8.14. The lowest BCUT2D eigenvalue weighted by atomic mass is 10.1. The minimum atomic E-state index is -0.973. The van der Waals surface area contributed by atoms with Crippen molar-refractivity contribution >= 4 is 28.5 Å². The monoisotopic (exact) mass is 404 g/mol. The van der Waals surface area contributed by atoms with Crippen molar-refractivity contribution in [2.24, 2.45) is 0 Å². The van der Waals surface area contributed by atoms with Gasteiger partial charge in [0.25, 0.3) is 5.91 Å². The molecule has 30 heavy (non-hydrogen) atoms. The molecule has 4 rings (SSSR count). The maximum Gasteiger partial charge on any atom is 0.339 e. The first kappa shape index (κ1) is 19.9. The van der Waals surface area contributed by atoms with E-state index in [2.05, 4.69) is 10.3 Å². The predicted octanol–water partition coefficient (Wildman–Crippen LogP) is 4.61. The number of esters is 1. The average Bonchev–Trinajstić information content (AvgIpc) is 3.58. The number of methoxy groups -OCH3 is 1. The van der Waals surface area contributed by atoms with Crippen molar-refractivity contribution in [2.45, 2.75) is 38.7 Å². The van der Waals surface area contributed by atoms with Crippen molar-refractivity contribution in [3.8, 4) is 5.75 Å². The van der Waals surface area contributed by atoms with Gasteiger partial charge in [-0.2, -0.15) is 0 Å². The van der Waals surface area contributed by atoms with Gasteiger partial charge in [0.1, 0.15) is 5.75 Å². The van der Waals surface area contributed by atoms with Gasteiger partial charge in [0.2, 0.25) is 0 Å². The Hall–Kier alpha value is -3.41. The molecule has 1 aliphatic rings. The Bertz CT molecular complexity index is 1120. The molecule has 3 aromatic rings. The van der Waals surface area contributed by atoms with E-state index in [0.29, 0.717) is 22.9 Å². The molecular formula is C24H24N2O4. The number of benzene rings is 2. The molecule has 6 heteroatoms. The van der Waals surface area contributed by atoms with Crippen LogP contribution in [0.4, 0.5) is 5.69 Å². The number of rotatable bonds is 6. The van der Waals surface area contributed by atoms with E-state index >= 15 is 0 Å². The molecule has 1 amide bonds. The van der Waals surface area contributed by atoms with Gasteiger partial charge in [0, 0.05) is 17.0 Å². The second-order valence-corrected chi connectivity index (χ2v) is 7.63. The summed E-state index contributed by atoms with van der Waals surface area (Å²) in [6.07, 6.45) is 1.19. The normalized spacial score (nSPS) is 14.2. The maximum atomic E-state index is 12.9. The third kappa shape index (κ3) is 4.13. The quantitative estimate of drug-likeness (QED) is 0.607. The largest absolute Gasteiger partial charge is 0.495 e. The number of carbonyl (C=O) groups excluding carboxylic acids is 2. The Kier molecular flexibility index (Phi) is 5.40. The van der Waals surface area contributed by atoms with Crippen LogP contribution in [0.25, 0.3) is 10.9 Å². The number of carbonyl (C=O) groups is 2. The van der Waals surface area contributed by atoms with Crippen molar-refractivity contribution in [3.05, 3.63) is 65.4 Å². The number of fused-ring (bicyclic) bond motifs is 1. The van der Waals surface area contributed by atoms with Crippen molar-refractivity contribution in [1.29, 1.82) is 0 Å². The van der Waals surface area contributed by atoms with Crippen LogP contribution in [-0.4, -0.2) is 30.1 Å². The minimum Gasteiger partial charge on any atom is -0.495 e. The zero-order chi connectivity index (χ0) is 21.3. The fraction of sp³-hybridized carbons (Fsp3) is 0.292. The SMILES string of the molecule is COc1ccc(C)cc1NC(=O)[C@H](C)OC(=O)c1cc(C2CC2)nc2ccccc12. The Morgan fingerprint density at radius 1 is 1.13 bits per heavy atom. The number of anilines is 1. The lowest BCUT2D eigenvalue weighted by Crippen LogP contribution is -2.30. The number of hydrogen-bond donors (Lipinski definition) is 1. The van der Waals surface area contributed by atoms with Gasteiger partial charge in [-0.25, -0.2) is 4.79 Å². The molecule has 0 spiro atoms. The van der Waals surface area contributed by atoms with Gasteiger partial charge in [-0.3, -0.25) is 9.78 Å². The van der Waals surface area contributed by atoms with E-state index < -0.39 is 18.0 Å². The number of aryl methyl sites for hydroxylation is 1. The predicted molar refractivity (Wildman–Crippen MR) is 115 cm³/mol. The summed E-state index contributed by atoms with van der Waals surface area (Å²) >= 11 is 0. The number of pyridine rings is 1. The molecule has 1 heterocycles. The highest BCUT2D eigenvalue weighted by molar-refractivity contribution is 6.05. The van der Waals surface area contributed by atoms with Gasteiger partial charge in [0.05, 0.1) is 23.9 Å². The molecule has 6 nitrogen and oxygen atoms in total. The van der Waals surface area contributed by atoms with E-state index in [9.17, 15) is 9.59 Å². The van der Waals surface area contributed by atoms with Crippen LogP contribution in [0.2, 0.25) is 0 Å². The van der Waals surface area contributed by atoms with Crippen LogP contribution in [0.3, 0.4) is 0 Å². The third-order valence-corrected chi connectivity index (χ3v) is 5.22. The maximum absolute atomic E-state index is 12.9. The standard InChI is InChI=1S/C24H24N2O4/c1-14-8-11-22(29-3)21(12-14)26-23(27)15(2)30-24(28)18-13-20(16-9-10-16)25-19-7-5-4-6-17(18)19/h4-8,11-13,15-16H,9-10H2,1-3H3,(H,26,27)/t15-/m0/s1. The first-order valence-corrected chi connectivity index (χ1v) is 10.0. The lowest BCUT2D eigenvalue weighted by Gasteiger charge is -2.16. The second-order valence-electron chi connectivity index (χ2n) is 7.63. The van der Waals surface area contributed by atoms with Crippen molar-refractivity contribution in [1.82, 2.24) is 4.98 Å². The Morgan fingerprint density at radius 3 is 2.63 bits per heavy atom. The van der Waals surface area contributed by atoms with Crippen LogP contribution in [0, 0.1) is 6.92 Å². The highest BCUT2D eigenvalue weighted by atomic mass is 16.5. The van der Waals surface area contributed by atoms with Crippen LogP contribution in [-0.2, 0) is 9.53 Å². The molecule has 0 bridgehead atoms. The first-order chi connectivity index (χ1) is 14.5. The first-order valence-electron chi connectivity index (χ1n) is 10.0. The summed E-state index contributed by atoms with van der Waals surface area (Å²) < 4.78 is 10.8. The molecule has 1 aliphatic carbocycles. The molecule has 0 unspecified atom stereocenters. The minimum absolute atomic E-state index is 0.399. The van der Waals surface area contributed by atoms with Gasteiger partial charge in [-0.1, -0.05) is 24.3 Å². The van der Waals surface area contributed by atoms with E-state index in [0.717, 1.165) is 35.0 Å². The molecule has 154 valence electrons. The van der Waals surface area contributed by atoms with Crippen molar-refractivity contribution in [2.75, 3.05) is 12.4 Å². The van der Waals surface area contributed by atoms with E-state index in [-0.39, 0.29) is 0 Å². The molecule has 1 atom stereocenters. The Balaban J connectivity index is 1.54. The highest BCUT2D eigenvalue weighted by Gasteiger charge is 2.28. The van der Waals surface area contributed by atoms with E-state index in [1.165, 1.54) is 7.11 Å². The summed E-state index contributed by atoms with van der Waals surface area (Å²) in [6, 6.07) is 14.8. The number of amides is 1. The molecule has 1 saturated carbocycles. The molecule has 0 aliphatic heterocycles. The van der Waals surface area contributed by atoms with Crippen LogP contribution < -0.4 is 10.1 Å². The third-order valence-electron chi connectivity index (χ3n) is 5.22. The van der Waals surface area contributed by atoms with E-state index in [1.54, 1.807) is 19.1 Å². The van der Waals surface area contributed by atoms with Gasteiger partial charge < -0.3 is 14.8 Å². The smallest absolute Gasteiger partial charge is 0.339 e. The topological polar surface area (TPSA) is 77.5 Å². The van der Waals surface area contributed by atoms with Crippen LogP contribution in [0.5, 0.6) is 5.75 Å². The highest BCUT2D eigenvalue weighted by Crippen LogP contribution is 2.40. The lowest BCUT2D eigenvalue weighted by molar-refractivity contribution is -0.123. The molecule has 2 aromatic carbocycles. The molecule has 1 fully saturated rings. The zero-order valence-corrected chi connectivity index (χ0v) is 17.3. The van der Waals surface area contributed by atoms with Crippen LogP contribution >= 0.6 is 0 Å². The summed E-state index contributed by atoms with van der Waals surface area (Å²) in [7, 11) is 1.54. The molecule has 0 radical (unpaired) electrons. The van der Waals surface area contributed by atoms with Gasteiger partial charge in [-0.15, -0.1) is 0 Å². The molecular weight excluding hydrogens is 380 g/mol. The fourth-order valence-electron chi connectivity index (χ4n) is 3.38. The van der Waals surface area contributed by atoms with Crippen LogP contribution in [0.1, 0.15) is 47.3 Å². The number of ether oxygens (including phenoxy) is 2. The Morgan fingerprint density at radius 2 is 1.90 bits per heavy atom. The van der Waals surface area contributed by atoms with E-state index in [1.807, 2.05) is 43.3 Å². The van der Waals surface area contributed by atoms with Crippen molar-refractivity contribution in [3.63, 3.8) is 0 Å². The summed E-state index contributed by atoms with van der Waals surface area (Å²) in [4.78, 5) is 30.3. The zero-order valence-electron chi connectivity index (χ0n) is 17.3. The number of nitrogens with one attached hydrogen (secondary N) is 1. The number of para-hydroxylation sites is 1. The van der Waals surface area contributed by atoms with E-state index in [4.69, 9.17) is 9.47 Å². The molecule has 1 aromatic heterocycles. The van der Waals surface area contributed by atoms with Gasteiger partial charge >= 0.3 is 5.97 Å². The summed E-state index contributed by atoms with van der Waals surface area (Å²) in [5, 5.41) is 3.50. The fourth-order valence-corrected chi connectivity index (χ4v) is 3.38. The average molecular weight is 404 g/mol. The van der Waals surface area contributed by atoms with Gasteiger partial charge in [-0.05, 0) is 56.5 Å². The van der Waals surface area contributed by atoms with Crippen molar-refractivity contribution < 1.29 is 19.1 Å². The van der Waals surface area contributed by atoms with Crippen LogP contribution in [0.15, 0.2) is 48.5 Å². The molecule has 0 saturated heterocycles. The summed E-state index contributed by atoms with van der Waals surface area (Å²) in [5.41, 5.74) is 3.62. The Labute approximate surface area is 175 Å². The summed E-state index contributed by atoms with van der Waals surface area (Å²) in [5.74, 6) is -0.0141. The summed E-state index contributed by atoms with van der Waals surface area (Å²) in [6.45, 7) is 3.48. The van der Waals surface area contributed by atoms with Gasteiger partial charge in [0.15, 0.2) is 6.10 Å². The number of hydrogen-bond acceptors (Lipinski definition) is 5. The number of aromatic nitrogens is 1.